The quantitative estimate of drug-likeness (QED) is 0.860. The molecule has 0 bridgehead atoms. The zero-order valence-electron chi connectivity index (χ0n) is 17.1. The number of nitrogens with one attached hydrogen (secondary N) is 1. The number of aryl methyl sites for hydroxylation is 1. The van der Waals surface area contributed by atoms with Crippen LogP contribution >= 0.6 is 11.3 Å². The zero-order chi connectivity index (χ0) is 19.3. The SMILES string of the molecule is Cc1nn(CC(C)C)c2sc(C(=O)NC3CC(C)(C)[NH2+]C(C)(C)C3)cc12. The fourth-order valence-electron chi connectivity index (χ4n) is 4.57. The van der Waals surface area contributed by atoms with Crippen LogP contribution in [0.2, 0.25) is 0 Å². The monoisotopic (exact) mass is 377 g/mol. The maximum atomic E-state index is 12.9. The van der Waals surface area contributed by atoms with Gasteiger partial charge in [0, 0.05) is 30.8 Å². The summed E-state index contributed by atoms with van der Waals surface area (Å²) in [4.78, 5) is 14.8. The van der Waals surface area contributed by atoms with E-state index >= 15 is 0 Å². The third kappa shape index (κ3) is 4.12. The number of hydrogen-bond donors (Lipinski definition) is 2. The van der Waals surface area contributed by atoms with Crippen molar-refractivity contribution in [3.63, 3.8) is 0 Å². The largest absolute Gasteiger partial charge is 0.348 e. The summed E-state index contributed by atoms with van der Waals surface area (Å²) < 4.78 is 2.05. The maximum absolute atomic E-state index is 12.9. The average Bonchev–Trinajstić information content (AvgIpc) is 2.97. The molecule has 3 heterocycles. The molecule has 1 amide bonds. The van der Waals surface area contributed by atoms with E-state index in [2.05, 4.69) is 62.0 Å². The summed E-state index contributed by atoms with van der Waals surface area (Å²) in [7, 11) is 0. The van der Waals surface area contributed by atoms with Gasteiger partial charge in [-0.1, -0.05) is 13.8 Å². The lowest BCUT2D eigenvalue weighted by Gasteiger charge is -2.43. The van der Waals surface area contributed by atoms with Crippen LogP contribution < -0.4 is 10.6 Å². The van der Waals surface area contributed by atoms with Crippen LogP contribution in [0.1, 0.15) is 69.7 Å². The average molecular weight is 378 g/mol. The Morgan fingerprint density at radius 3 is 2.54 bits per heavy atom. The van der Waals surface area contributed by atoms with E-state index < -0.39 is 0 Å². The van der Waals surface area contributed by atoms with Crippen LogP contribution in [0.15, 0.2) is 6.07 Å². The molecule has 144 valence electrons. The lowest BCUT2D eigenvalue weighted by molar-refractivity contribution is -0.787. The molecule has 3 rings (SSSR count). The van der Waals surface area contributed by atoms with E-state index in [0.717, 1.165) is 40.2 Å². The molecule has 0 atom stereocenters. The zero-order valence-corrected chi connectivity index (χ0v) is 18.0. The van der Waals surface area contributed by atoms with Gasteiger partial charge in [0.2, 0.25) is 0 Å². The van der Waals surface area contributed by atoms with Gasteiger partial charge >= 0.3 is 0 Å². The molecule has 0 aromatic carbocycles. The minimum Gasteiger partial charge on any atom is -0.348 e. The van der Waals surface area contributed by atoms with Crippen LogP contribution in [0.4, 0.5) is 0 Å². The molecule has 1 aliphatic rings. The highest BCUT2D eigenvalue weighted by molar-refractivity contribution is 7.20. The van der Waals surface area contributed by atoms with Crippen molar-refractivity contribution >= 4 is 27.5 Å². The first-order chi connectivity index (χ1) is 12.0. The minimum atomic E-state index is 0.0557. The normalized spacial score (nSPS) is 20.0. The van der Waals surface area contributed by atoms with E-state index in [1.807, 2.05) is 13.0 Å². The summed E-state index contributed by atoms with van der Waals surface area (Å²) >= 11 is 1.56. The fourth-order valence-corrected chi connectivity index (χ4v) is 5.64. The van der Waals surface area contributed by atoms with Crippen LogP contribution in [-0.2, 0) is 6.54 Å². The number of nitrogens with two attached hydrogens (primary N) is 1. The number of rotatable bonds is 4. The molecule has 0 spiro atoms. The van der Waals surface area contributed by atoms with Gasteiger partial charge in [0.25, 0.3) is 5.91 Å². The molecule has 0 radical (unpaired) electrons. The molecular weight excluding hydrogens is 344 g/mol. The molecule has 5 nitrogen and oxygen atoms in total. The number of amides is 1. The molecule has 6 heteroatoms. The first-order valence-corrected chi connectivity index (χ1v) is 10.4. The van der Waals surface area contributed by atoms with Gasteiger partial charge in [-0.05, 0) is 46.6 Å². The van der Waals surface area contributed by atoms with E-state index in [1.165, 1.54) is 0 Å². The number of carbonyl (C=O) groups excluding carboxylic acids is 1. The second-order valence-electron chi connectivity index (χ2n) is 9.69. The molecule has 2 aromatic rings. The lowest BCUT2D eigenvalue weighted by Crippen LogP contribution is -3.06. The van der Waals surface area contributed by atoms with Crippen molar-refractivity contribution < 1.29 is 10.1 Å². The van der Waals surface area contributed by atoms with Gasteiger partial charge in [-0.25, -0.2) is 0 Å². The predicted molar refractivity (Wildman–Crippen MR) is 108 cm³/mol. The fraction of sp³-hybridized carbons (Fsp3) is 0.700. The van der Waals surface area contributed by atoms with Gasteiger partial charge < -0.3 is 10.6 Å². The molecule has 2 aromatic heterocycles. The third-order valence-corrected chi connectivity index (χ3v) is 6.18. The summed E-state index contributed by atoms with van der Waals surface area (Å²) in [5, 5.41) is 11.5. The highest BCUT2D eigenvalue weighted by Crippen LogP contribution is 2.29. The van der Waals surface area contributed by atoms with Crippen LogP contribution in [0.25, 0.3) is 10.2 Å². The van der Waals surface area contributed by atoms with Gasteiger partial charge in [-0.2, -0.15) is 5.10 Å². The van der Waals surface area contributed by atoms with E-state index in [1.54, 1.807) is 11.3 Å². The van der Waals surface area contributed by atoms with Gasteiger partial charge in [0.05, 0.1) is 21.6 Å². The molecule has 0 saturated carbocycles. The summed E-state index contributed by atoms with van der Waals surface area (Å²) in [6.45, 7) is 16.3. The molecule has 1 saturated heterocycles. The highest BCUT2D eigenvalue weighted by atomic mass is 32.1. The molecular formula is C20H33N4OS+. The van der Waals surface area contributed by atoms with Gasteiger partial charge in [0.1, 0.15) is 4.83 Å². The first kappa shape index (κ1) is 19.4. The Kier molecular flexibility index (Phi) is 4.95. The Hall–Kier alpha value is -1.40. The topological polar surface area (TPSA) is 63.5 Å². The van der Waals surface area contributed by atoms with Crippen molar-refractivity contribution in [2.75, 3.05) is 0 Å². The van der Waals surface area contributed by atoms with Gasteiger partial charge in [-0.3, -0.25) is 9.48 Å². The molecule has 0 unspecified atom stereocenters. The number of hydrogen-bond acceptors (Lipinski definition) is 3. The van der Waals surface area contributed by atoms with Crippen LogP contribution in [0.3, 0.4) is 0 Å². The summed E-state index contributed by atoms with van der Waals surface area (Å²) in [6, 6.07) is 2.23. The molecule has 1 aliphatic heterocycles. The smallest absolute Gasteiger partial charge is 0.261 e. The number of aromatic nitrogens is 2. The molecule has 26 heavy (non-hydrogen) atoms. The number of carbonyl (C=O) groups is 1. The number of thiophene rings is 1. The summed E-state index contributed by atoms with van der Waals surface area (Å²) in [5.74, 6) is 0.583. The number of piperidine rings is 1. The molecule has 0 aliphatic carbocycles. The highest BCUT2D eigenvalue weighted by Gasteiger charge is 2.42. The number of fused-ring (bicyclic) bond motifs is 1. The Morgan fingerprint density at radius 2 is 1.96 bits per heavy atom. The van der Waals surface area contributed by atoms with Crippen molar-refractivity contribution in [3.05, 3.63) is 16.6 Å². The van der Waals surface area contributed by atoms with Crippen molar-refractivity contribution in [1.82, 2.24) is 15.1 Å². The van der Waals surface area contributed by atoms with Crippen LogP contribution in [-0.4, -0.2) is 32.8 Å². The standard InChI is InChI=1S/C20H32N4OS/c1-12(2)11-24-18-15(13(3)22-24)8-16(26-18)17(25)21-14-9-19(4,5)23-20(6,7)10-14/h8,12,14,23H,9-11H2,1-7H3,(H,21,25)/p+1. The van der Waals surface area contributed by atoms with Crippen molar-refractivity contribution in [2.45, 2.75) is 85.0 Å². The van der Waals surface area contributed by atoms with Crippen molar-refractivity contribution in [2.24, 2.45) is 5.92 Å². The third-order valence-electron chi connectivity index (χ3n) is 5.03. The van der Waals surface area contributed by atoms with Gasteiger partial charge in [0.15, 0.2) is 0 Å². The second kappa shape index (κ2) is 6.64. The Labute approximate surface area is 160 Å². The molecule has 3 N–H and O–H groups in total. The van der Waals surface area contributed by atoms with Crippen LogP contribution in [0.5, 0.6) is 0 Å². The minimum absolute atomic E-state index is 0.0557. The van der Waals surface area contributed by atoms with E-state index in [9.17, 15) is 4.79 Å². The van der Waals surface area contributed by atoms with E-state index in [-0.39, 0.29) is 23.0 Å². The first-order valence-electron chi connectivity index (χ1n) is 9.61. The molecule has 1 fully saturated rings. The number of nitrogens with zero attached hydrogens (tertiary/aromatic N) is 2. The van der Waals surface area contributed by atoms with E-state index in [4.69, 9.17) is 0 Å². The van der Waals surface area contributed by atoms with Crippen molar-refractivity contribution in [1.29, 1.82) is 0 Å². The van der Waals surface area contributed by atoms with Crippen LogP contribution in [0, 0.1) is 12.8 Å². The van der Waals surface area contributed by atoms with E-state index in [0.29, 0.717) is 5.92 Å². The second-order valence-corrected chi connectivity index (χ2v) is 10.7. The summed E-state index contributed by atoms with van der Waals surface area (Å²) in [6.07, 6.45) is 1.99. The summed E-state index contributed by atoms with van der Waals surface area (Å²) in [5.41, 5.74) is 1.30. The Balaban J connectivity index is 1.80. The van der Waals surface area contributed by atoms with Crippen molar-refractivity contribution in [3.8, 4) is 0 Å². The predicted octanol–water partition coefficient (Wildman–Crippen LogP) is 3.08. The Bertz CT molecular complexity index is 799. The Morgan fingerprint density at radius 1 is 1.35 bits per heavy atom. The number of quaternary nitrogens is 1. The lowest BCUT2D eigenvalue weighted by atomic mass is 9.79. The maximum Gasteiger partial charge on any atom is 0.261 e. The van der Waals surface area contributed by atoms with Gasteiger partial charge in [-0.15, -0.1) is 11.3 Å².